The number of aryl methyl sites for hydroxylation is 2. The van der Waals surface area contributed by atoms with Gasteiger partial charge in [0.2, 0.25) is 0 Å². The number of anilines is 1. The largest absolute Gasteiger partial charge is 0.411 e. The van der Waals surface area contributed by atoms with Crippen molar-refractivity contribution in [1.82, 2.24) is 14.5 Å². The maximum absolute atomic E-state index is 9.26. The Bertz CT molecular complexity index is 958. The Morgan fingerprint density at radius 3 is 2.74 bits per heavy atom. The standard InChI is InChI=1S/C21H29N5O/c1-4-8-18-24-19-20(16-10-5-6-11-17(16)23-21(19)22)26(18)12-7-9-15(25-27)13-14(2)3/h5-6,10-11,14,27H,4,7-9,12-13H2,1-3H3,(H2,22,23). The second-order valence-electron chi connectivity index (χ2n) is 7.51. The van der Waals surface area contributed by atoms with Gasteiger partial charge in [-0.05, 0) is 37.7 Å². The average molecular weight is 367 g/mol. The number of oxime groups is 1. The lowest BCUT2D eigenvalue weighted by Crippen LogP contribution is -2.08. The summed E-state index contributed by atoms with van der Waals surface area (Å²) in [7, 11) is 0. The van der Waals surface area contributed by atoms with Gasteiger partial charge < -0.3 is 15.5 Å². The van der Waals surface area contributed by atoms with E-state index in [0.29, 0.717) is 11.7 Å². The first-order chi connectivity index (χ1) is 13.0. The van der Waals surface area contributed by atoms with Crippen LogP contribution in [0.2, 0.25) is 0 Å². The van der Waals surface area contributed by atoms with Gasteiger partial charge in [-0.3, -0.25) is 0 Å². The van der Waals surface area contributed by atoms with E-state index in [0.717, 1.165) is 72.1 Å². The van der Waals surface area contributed by atoms with Crippen molar-refractivity contribution in [1.29, 1.82) is 0 Å². The van der Waals surface area contributed by atoms with E-state index in [1.807, 2.05) is 18.2 Å². The van der Waals surface area contributed by atoms with Gasteiger partial charge in [-0.1, -0.05) is 44.1 Å². The molecule has 6 nitrogen and oxygen atoms in total. The van der Waals surface area contributed by atoms with Gasteiger partial charge in [0.15, 0.2) is 5.82 Å². The molecule has 3 aromatic rings. The van der Waals surface area contributed by atoms with Crippen molar-refractivity contribution in [3.63, 3.8) is 0 Å². The smallest absolute Gasteiger partial charge is 0.152 e. The van der Waals surface area contributed by atoms with E-state index in [2.05, 4.69) is 41.5 Å². The Labute approximate surface area is 160 Å². The Morgan fingerprint density at radius 1 is 1.26 bits per heavy atom. The van der Waals surface area contributed by atoms with Crippen LogP contribution in [0.5, 0.6) is 0 Å². The molecule has 2 aromatic heterocycles. The summed E-state index contributed by atoms with van der Waals surface area (Å²) in [5.41, 5.74) is 9.82. The Balaban J connectivity index is 1.98. The lowest BCUT2D eigenvalue weighted by atomic mass is 10.0. The molecule has 144 valence electrons. The number of nitrogens with two attached hydrogens (primary N) is 1. The van der Waals surface area contributed by atoms with Gasteiger partial charge >= 0.3 is 0 Å². The van der Waals surface area contributed by atoms with Gasteiger partial charge in [-0.2, -0.15) is 0 Å². The van der Waals surface area contributed by atoms with Gasteiger partial charge in [0.25, 0.3) is 0 Å². The van der Waals surface area contributed by atoms with Gasteiger partial charge in [0.1, 0.15) is 11.3 Å². The summed E-state index contributed by atoms with van der Waals surface area (Å²) in [5, 5.41) is 13.8. The first-order valence-corrected chi connectivity index (χ1v) is 9.78. The Kier molecular flexibility index (Phi) is 5.94. The Morgan fingerprint density at radius 2 is 2.04 bits per heavy atom. The number of rotatable bonds is 8. The highest BCUT2D eigenvalue weighted by atomic mass is 16.4. The molecule has 6 heteroatoms. The Hall–Kier alpha value is -2.63. The monoisotopic (exact) mass is 367 g/mol. The van der Waals surface area contributed by atoms with Gasteiger partial charge in [0.05, 0.1) is 16.7 Å². The van der Waals surface area contributed by atoms with Gasteiger partial charge in [-0.15, -0.1) is 0 Å². The average Bonchev–Trinajstić information content (AvgIpc) is 3.00. The zero-order valence-corrected chi connectivity index (χ0v) is 16.4. The number of nitrogen functional groups attached to an aromatic ring is 1. The van der Waals surface area contributed by atoms with Crippen LogP contribution in [0.15, 0.2) is 29.4 Å². The molecule has 0 saturated carbocycles. The van der Waals surface area contributed by atoms with Crippen LogP contribution in [-0.2, 0) is 13.0 Å². The predicted molar refractivity (Wildman–Crippen MR) is 111 cm³/mol. The first-order valence-electron chi connectivity index (χ1n) is 9.78. The molecular weight excluding hydrogens is 338 g/mol. The van der Waals surface area contributed by atoms with Crippen LogP contribution in [0.4, 0.5) is 5.82 Å². The third-order valence-corrected chi connectivity index (χ3v) is 4.80. The van der Waals surface area contributed by atoms with Crippen molar-refractivity contribution >= 4 is 33.5 Å². The second kappa shape index (κ2) is 8.37. The molecule has 0 amide bonds. The molecule has 1 aromatic carbocycles. The molecule has 0 radical (unpaired) electrons. The third kappa shape index (κ3) is 4.04. The molecule has 2 heterocycles. The van der Waals surface area contributed by atoms with E-state index in [1.54, 1.807) is 0 Å². The fourth-order valence-corrected chi connectivity index (χ4v) is 3.67. The number of hydrogen-bond acceptors (Lipinski definition) is 5. The number of imidazole rings is 1. The topological polar surface area (TPSA) is 89.3 Å². The summed E-state index contributed by atoms with van der Waals surface area (Å²) in [6, 6.07) is 8.07. The van der Waals surface area contributed by atoms with Crippen molar-refractivity contribution in [3.05, 3.63) is 30.1 Å². The molecule has 0 aliphatic rings. The van der Waals surface area contributed by atoms with Crippen LogP contribution < -0.4 is 5.73 Å². The van der Waals surface area contributed by atoms with E-state index in [9.17, 15) is 5.21 Å². The molecule has 0 spiro atoms. The molecule has 0 fully saturated rings. The van der Waals surface area contributed by atoms with Crippen molar-refractivity contribution in [2.24, 2.45) is 11.1 Å². The quantitative estimate of drug-likeness (QED) is 0.341. The zero-order valence-electron chi connectivity index (χ0n) is 16.4. The molecule has 3 N–H and O–H groups in total. The fraction of sp³-hybridized carbons (Fsp3) is 0.476. The molecule has 0 aliphatic heterocycles. The van der Waals surface area contributed by atoms with Crippen LogP contribution in [0, 0.1) is 5.92 Å². The highest BCUT2D eigenvalue weighted by Crippen LogP contribution is 2.29. The molecule has 3 rings (SSSR count). The fourth-order valence-electron chi connectivity index (χ4n) is 3.67. The predicted octanol–water partition coefficient (Wildman–Crippen LogP) is 4.78. The van der Waals surface area contributed by atoms with Crippen molar-refractivity contribution < 1.29 is 5.21 Å². The van der Waals surface area contributed by atoms with Crippen molar-refractivity contribution in [2.75, 3.05) is 5.73 Å². The molecular formula is C21H29N5O. The van der Waals surface area contributed by atoms with Crippen LogP contribution in [0.1, 0.15) is 52.3 Å². The van der Waals surface area contributed by atoms with E-state index in [4.69, 9.17) is 10.7 Å². The number of para-hydroxylation sites is 1. The molecule has 0 aliphatic carbocycles. The van der Waals surface area contributed by atoms with Crippen LogP contribution in [-0.4, -0.2) is 25.5 Å². The highest BCUT2D eigenvalue weighted by Gasteiger charge is 2.17. The van der Waals surface area contributed by atoms with E-state index in [1.165, 1.54) is 0 Å². The number of hydrogen-bond donors (Lipinski definition) is 2. The summed E-state index contributed by atoms with van der Waals surface area (Å²) < 4.78 is 2.28. The van der Waals surface area contributed by atoms with Crippen LogP contribution >= 0.6 is 0 Å². The van der Waals surface area contributed by atoms with Gasteiger partial charge in [0, 0.05) is 18.4 Å². The summed E-state index contributed by atoms with van der Waals surface area (Å²) in [5.74, 6) is 2.01. The van der Waals surface area contributed by atoms with E-state index in [-0.39, 0.29) is 0 Å². The summed E-state index contributed by atoms with van der Waals surface area (Å²) in [6.45, 7) is 7.24. The van der Waals surface area contributed by atoms with Crippen molar-refractivity contribution in [2.45, 2.75) is 59.4 Å². The molecule has 0 bridgehead atoms. The summed E-state index contributed by atoms with van der Waals surface area (Å²) in [6.07, 6.45) is 4.41. The van der Waals surface area contributed by atoms with Gasteiger partial charge in [-0.25, -0.2) is 9.97 Å². The maximum Gasteiger partial charge on any atom is 0.152 e. The minimum Gasteiger partial charge on any atom is -0.411 e. The lowest BCUT2D eigenvalue weighted by molar-refractivity contribution is 0.314. The minimum absolute atomic E-state index is 0.482. The third-order valence-electron chi connectivity index (χ3n) is 4.80. The molecule has 27 heavy (non-hydrogen) atoms. The molecule has 0 unspecified atom stereocenters. The molecule has 0 saturated heterocycles. The maximum atomic E-state index is 9.26. The second-order valence-corrected chi connectivity index (χ2v) is 7.51. The summed E-state index contributed by atoms with van der Waals surface area (Å²) >= 11 is 0. The normalized spacial score (nSPS) is 12.5. The van der Waals surface area contributed by atoms with Crippen LogP contribution in [0.25, 0.3) is 21.9 Å². The van der Waals surface area contributed by atoms with E-state index < -0.39 is 0 Å². The number of fused-ring (bicyclic) bond motifs is 3. The highest BCUT2D eigenvalue weighted by molar-refractivity contribution is 6.06. The first kappa shape index (κ1) is 19.1. The van der Waals surface area contributed by atoms with Crippen molar-refractivity contribution in [3.8, 4) is 0 Å². The molecule has 0 atom stereocenters. The number of aromatic nitrogens is 3. The van der Waals surface area contributed by atoms with E-state index >= 15 is 0 Å². The number of pyridine rings is 1. The zero-order chi connectivity index (χ0) is 19.4. The minimum atomic E-state index is 0.482. The van der Waals surface area contributed by atoms with Crippen LogP contribution in [0.3, 0.4) is 0 Å². The number of nitrogens with zero attached hydrogens (tertiary/aromatic N) is 4. The number of benzene rings is 1. The lowest BCUT2D eigenvalue weighted by Gasteiger charge is -2.12. The summed E-state index contributed by atoms with van der Waals surface area (Å²) in [4.78, 5) is 9.34. The SMILES string of the molecule is CCCc1nc2c(N)nc3ccccc3c2n1CCCC(CC(C)C)=NO.